The molecule has 2 heterocycles. The number of hydrogen-bond donors (Lipinski definition) is 0. The normalized spacial score (nSPS) is 11.1. The number of fused-ring (bicyclic) bond motifs is 1. The molecule has 4 heteroatoms. The van der Waals surface area contributed by atoms with Crippen molar-refractivity contribution < 1.29 is 4.74 Å². The van der Waals surface area contributed by atoms with Crippen molar-refractivity contribution in [2.75, 3.05) is 13.7 Å². The summed E-state index contributed by atoms with van der Waals surface area (Å²) in [5, 5.41) is 0. The van der Waals surface area contributed by atoms with Gasteiger partial charge in [-0.15, -0.1) is 0 Å². The molecule has 0 fully saturated rings. The molecule has 0 saturated heterocycles. The lowest BCUT2D eigenvalue weighted by atomic mass is 10.1. The highest BCUT2D eigenvalue weighted by molar-refractivity contribution is 5.71. The molecular formula is C16H17N3O. The van der Waals surface area contributed by atoms with E-state index in [4.69, 9.17) is 9.72 Å². The van der Waals surface area contributed by atoms with Crippen molar-refractivity contribution in [3.8, 4) is 0 Å². The van der Waals surface area contributed by atoms with Gasteiger partial charge in [0.1, 0.15) is 11.3 Å². The van der Waals surface area contributed by atoms with Crippen molar-refractivity contribution in [3.05, 3.63) is 60.0 Å². The van der Waals surface area contributed by atoms with E-state index < -0.39 is 0 Å². The van der Waals surface area contributed by atoms with Gasteiger partial charge in [0, 0.05) is 26.3 Å². The Kier molecular flexibility index (Phi) is 3.74. The molecule has 0 saturated carbocycles. The number of nitrogens with zero attached hydrogens (tertiary/aromatic N) is 3. The second kappa shape index (κ2) is 5.84. The highest BCUT2D eigenvalue weighted by atomic mass is 16.5. The van der Waals surface area contributed by atoms with Crippen LogP contribution < -0.4 is 0 Å². The second-order valence-corrected chi connectivity index (χ2v) is 4.68. The van der Waals surface area contributed by atoms with Crippen LogP contribution in [-0.4, -0.2) is 28.3 Å². The Morgan fingerprint density at radius 1 is 1.10 bits per heavy atom. The number of imidazole rings is 1. The van der Waals surface area contributed by atoms with Gasteiger partial charge in [-0.3, -0.25) is 0 Å². The quantitative estimate of drug-likeness (QED) is 0.713. The smallest absolute Gasteiger partial charge is 0.160 e. The van der Waals surface area contributed by atoms with Crippen LogP contribution in [0, 0.1) is 0 Å². The summed E-state index contributed by atoms with van der Waals surface area (Å²) in [5.74, 6) is 1.03. The van der Waals surface area contributed by atoms with Crippen LogP contribution in [0.1, 0.15) is 11.4 Å². The Balaban J connectivity index is 2.00. The third-order valence-electron chi connectivity index (χ3n) is 3.31. The molecule has 0 unspecified atom stereocenters. The van der Waals surface area contributed by atoms with Crippen LogP contribution in [-0.2, 0) is 17.7 Å². The van der Waals surface area contributed by atoms with Gasteiger partial charge in [0.05, 0.1) is 6.61 Å². The van der Waals surface area contributed by atoms with E-state index in [1.54, 1.807) is 13.3 Å². The molecule has 0 bridgehead atoms. The molecule has 1 aromatic carbocycles. The first-order valence-electron chi connectivity index (χ1n) is 6.71. The lowest BCUT2D eigenvalue weighted by Crippen LogP contribution is -2.09. The molecule has 0 amide bonds. The van der Waals surface area contributed by atoms with Gasteiger partial charge >= 0.3 is 0 Å². The zero-order valence-electron chi connectivity index (χ0n) is 11.5. The molecule has 0 radical (unpaired) electrons. The van der Waals surface area contributed by atoms with E-state index in [9.17, 15) is 0 Å². The van der Waals surface area contributed by atoms with E-state index in [1.165, 1.54) is 5.56 Å². The maximum absolute atomic E-state index is 5.19. The summed E-state index contributed by atoms with van der Waals surface area (Å²) in [5.41, 5.74) is 3.12. The van der Waals surface area contributed by atoms with Crippen molar-refractivity contribution in [3.63, 3.8) is 0 Å². The van der Waals surface area contributed by atoms with Gasteiger partial charge in [0.2, 0.25) is 0 Å². The first kappa shape index (κ1) is 12.8. The van der Waals surface area contributed by atoms with Crippen LogP contribution in [0.15, 0.2) is 48.7 Å². The van der Waals surface area contributed by atoms with Gasteiger partial charge in [-0.2, -0.15) is 0 Å². The van der Waals surface area contributed by atoms with Crippen LogP contribution in [0.3, 0.4) is 0 Å². The molecular weight excluding hydrogens is 250 g/mol. The number of hydrogen-bond acceptors (Lipinski definition) is 3. The molecule has 20 heavy (non-hydrogen) atoms. The summed E-state index contributed by atoms with van der Waals surface area (Å²) < 4.78 is 7.34. The summed E-state index contributed by atoms with van der Waals surface area (Å²) in [6.45, 7) is 1.43. The predicted molar refractivity (Wildman–Crippen MR) is 78.7 cm³/mol. The summed E-state index contributed by atoms with van der Waals surface area (Å²) in [6, 6.07) is 14.3. The monoisotopic (exact) mass is 267 g/mol. The Bertz CT molecular complexity index is 691. The number of ether oxygens (including phenoxy) is 1. The number of aromatic nitrogens is 3. The zero-order valence-corrected chi connectivity index (χ0v) is 11.5. The average Bonchev–Trinajstić information content (AvgIpc) is 2.83. The molecule has 102 valence electrons. The summed E-state index contributed by atoms with van der Waals surface area (Å²) >= 11 is 0. The van der Waals surface area contributed by atoms with Crippen molar-refractivity contribution in [2.45, 2.75) is 13.0 Å². The number of rotatable bonds is 5. The van der Waals surface area contributed by atoms with Crippen LogP contribution in [0.5, 0.6) is 0 Å². The maximum atomic E-state index is 5.19. The van der Waals surface area contributed by atoms with Crippen LogP contribution in [0.2, 0.25) is 0 Å². The minimum atomic E-state index is 0.657. The lowest BCUT2D eigenvalue weighted by molar-refractivity contribution is 0.187. The average molecular weight is 267 g/mol. The van der Waals surface area contributed by atoms with Crippen molar-refractivity contribution in [1.82, 2.24) is 14.5 Å². The van der Waals surface area contributed by atoms with Gasteiger partial charge in [0.25, 0.3) is 0 Å². The Hall–Kier alpha value is -2.20. The third-order valence-corrected chi connectivity index (χ3v) is 3.31. The van der Waals surface area contributed by atoms with Crippen LogP contribution in [0.25, 0.3) is 11.2 Å². The minimum Gasteiger partial charge on any atom is -0.383 e. The molecule has 0 atom stereocenters. The first-order valence-corrected chi connectivity index (χ1v) is 6.71. The number of methoxy groups -OCH3 is 1. The molecule has 0 aliphatic rings. The lowest BCUT2D eigenvalue weighted by Gasteiger charge is -2.08. The van der Waals surface area contributed by atoms with Gasteiger partial charge < -0.3 is 9.30 Å². The molecule has 0 spiro atoms. The van der Waals surface area contributed by atoms with E-state index in [2.05, 4.69) is 33.8 Å². The molecule has 2 aromatic heterocycles. The SMILES string of the molecule is COCCn1c(Cc2ccccc2)nc2cccnc21. The fourth-order valence-electron chi connectivity index (χ4n) is 2.34. The van der Waals surface area contributed by atoms with Gasteiger partial charge in [-0.25, -0.2) is 9.97 Å². The van der Waals surface area contributed by atoms with E-state index >= 15 is 0 Å². The zero-order chi connectivity index (χ0) is 13.8. The van der Waals surface area contributed by atoms with E-state index in [0.29, 0.717) is 6.61 Å². The van der Waals surface area contributed by atoms with Crippen molar-refractivity contribution >= 4 is 11.2 Å². The summed E-state index contributed by atoms with van der Waals surface area (Å²) in [7, 11) is 1.71. The van der Waals surface area contributed by atoms with Gasteiger partial charge in [-0.1, -0.05) is 30.3 Å². The number of benzene rings is 1. The summed E-state index contributed by atoms with van der Waals surface area (Å²) in [4.78, 5) is 9.15. The highest BCUT2D eigenvalue weighted by Gasteiger charge is 2.11. The Morgan fingerprint density at radius 2 is 1.95 bits per heavy atom. The van der Waals surface area contributed by atoms with Crippen LogP contribution >= 0.6 is 0 Å². The molecule has 4 nitrogen and oxygen atoms in total. The molecule has 0 aliphatic heterocycles. The number of pyridine rings is 1. The van der Waals surface area contributed by atoms with Crippen molar-refractivity contribution in [2.24, 2.45) is 0 Å². The maximum Gasteiger partial charge on any atom is 0.160 e. The van der Waals surface area contributed by atoms with Gasteiger partial charge in [-0.05, 0) is 17.7 Å². The standard InChI is InChI=1S/C16H17N3O/c1-20-11-10-19-15(12-13-6-3-2-4-7-13)18-14-8-5-9-17-16(14)19/h2-9H,10-12H2,1H3. The van der Waals surface area contributed by atoms with Crippen molar-refractivity contribution in [1.29, 1.82) is 0 Å². The summed E-state index contributed by atoms with van der Waals surface area (Å²) in [6.07, 6.45) is 2.61. The first-order chi connectivity index (χ1) is 9.88. The Morgan fingerprint density at radius 3 is 2.75 bits per heavy atom. The van der Waals surface area contributed by atoms with E-state index in [-0.39, 0.29) is 0 Å². The van der Waals surface area contributed by atoms with Crippen LogP contribution in [0.4, 0.5) is 0 Å². The second-order valence-electron chi connectivity index (χ2n) is 4.68. The van der Waals surface area contributed by atoms with E-state index in [1.807, 2.05) is 18.2 Å². The molecule has 3 aromatic rings. The predicted octanol–water partition coefficient (Wildman–Crippen LogP) is 2.67. The molecule has 0 N–H and O–H groups in total. The largest absolute Gasteiger partial charge is 0.383 e. The topological polar surface area (TPSA) is 39.9 Å². The Labute approximate surface area is 118 Å². The highest BCUT2D eigenvalue weighted by Crippen LogP contribution is 2.16. The fourth-order valence-corrected chi connectivity index (χ4v) is 2.34. The van der Waals surface area contributed by atoms with Gasteiger partial charge in [0.15, 0.2) is 5.65 Å². The fraction of sp³-hybridized carbons (Fsp3) is 0.250. The third kappa shape index (κ3) is 2.56. The minimum absolute atomic E-state index is 0.657. The van der Waals surface area contributed by atoms with E-state index in [0.717, 1.165) is 30.0 Å². The molecule has 3 rings (SSSR count). The molecule has 0 aliphatic carbocycles.